The summed E-state index contributed by atoms with van der Waals surface area (Å²) in [6.45, 7) is 9.06. The molecular formula is C24H30N4O4. The highest BCUT2D eigenvalue weighted by Gasteiger charge is 2.30. The Morgan fingerprint density at radius 3 is 2.31 bits per heavy atom. The van der Waals surface area contributed by atoms with Gasteiger partial charge >= 0.3 is 11.7 Å². The van der Waals surface area contributed by atoms with Crippen LogP contribution in [0.25, 0.3) is 10.9 Å². The molecule has 1 aromatic heterocycles. The highest BCUT2D eigenvalue weighted by molar-refractivity contribution is 5.93. The Morgan fingerprint density at radius 2 is 1.72 bits per heavy atom. The van der Waals surface area contributed by atoms with Crippen LogP contribution in [0, 0.1) is 6.92 Å². The number of carbonyl (C=O) groups is 1. The number of ether oxygens (including phenoxy) is 1. The maximum Gasteiger partial charge on any atom is 0.412 e. The van der Waals surface area contributed by atoms with Crippen LogP contribution in [0.2, 0.25) is 0 Å². The predicted octanol–water partition coefficient (Wildman–Crippen LogP) is 4.69. The van der Waals surface area contributed by atoms with Crippen LogP contribution in [0.1, 0.15) is 38.8 Å². The number of aryl methyl sites for hydroxylation is 1. The Balaban J connectivity index is 1.97. The molecule has 1 heterocycles. The summed E-state index contributed by atoms with van der Waals surface area (Å²) in [5.74, 6) is 0. The molecule has 3 rings (SSSR count). The number of hydrogen-bond donors (Lipinski definition) is 2. The van der Waals surface area contributed by atoms with Gasteiger partial charge in [0.25, 0.3) is 6.01 Å². The molecule has 0 aliphatic rings. The van der Waals surface area contributed by atoms with Gasteiger partial charge in [-0.25, -0.2) is 9.59 Å². The van der Waals surface area contributed by atoms with Crippen LogP contribution in [-0.4, -0.2) is 35.7 Å². The lowest BCUT2D eigenvalue weighted by Gasteiger charge is -2.37. The van der Waals surface area contributed by atoms with Crippen LogP contribution in [-0.2, 0) is 10.4 Å². The number of aromatic nitrogens is 1. The maximum atomic E-state index is 12.9. The van der Waals surface area contributed by atoms with E-state index in [1.807, 2.05) is 56.3 Å². The van der Waals surface area contributed by atoms with Crippen LogP contribution in [0.15, 0.2) is 51.7 Å². The van der Waals surface area contributed by atoms with Gasteiger partial charge in [0.2, 0.25) is 0 Å². The number of anilines is 2. The van der Waals surface area contributed by atoms with Gasteiger partial charge in [0.05, 0.1) is 10.9 Å². The number of hydrogen-bond acceptors (Lipinski definition) is 7. The summed E-state index contributed by atoms with van der Waals surface area (Å²) in [6, 6.07) is 13.3. The SMILES string of the molecule is Cc1c(NC(=O)OC(C)(C)C)ccc2nc(NC(C)(c3ccccc3)N(C)C)oc(=O)c12. The first-order valence-electron chi connectivity index (χ1n) is 10.4. The molecule has 1 unspecified atom stereocenters. The molecule has 0 aliphatic carbocycles. The van der Waals surface area contributed by atoms with Crippen molar-refractivity contribution >= 4 is 28.7 Å². The van der Waals surface area contributed by atoms with Gasteiger partial charge < -0.3 is 14.5 Å². The van der Waals surface area contributed by atoms with Gasteiger partial charge in [-0.2, -0.15) is 4.98 Å². The first-order chi connectivity index (χ1) is 14.9. The second-order valence-electron chi connectivity index (χ2n) is 9.02. The molecule has 2 aromatic carbocycles. The number of nitrogens with zero attached hydrogens (tertiary/aromatic N) is 2. The van der Waals surface area contributed by atoms with Gasteiger partial charge in [-0.15, -0.1) is 0 Å². The van der Waals surface area contributed by atoms with E-state index in [0.29, 0.717) is 22.2 Å². The largest absolute Gasteiger partial charge is 0.444 e. The monoisotopic (exact) mass is 438 g/mol. The molecule has 0 fully saturated rings. The van der Waals surface area contributed by atoms with Crippen LogP contribution in [0.3, 0.4) is 0 Å². The molecule has 0 aliphatic heterocycles. The number of benzene rings is 2. The normalized spacial score (nSPS) is 13.6. The van der Waals surface area contributed by atoms with Crippen LogP contribution < -0.4 is 16.3 Å². The van der Waals surface area contributed by atoms with E-state index >= 15 is 0 Å². The molecule has 0 saturated heterocycles. The first kappa shape index (κ1) is 23.3. The highest BCUT2D eigenvalue weighted by atomic mass is 16.6. The lowest BCUT2D eigenvalue weighted by atomic mass is 10.0. The molecule has 170 valence electrons. The molecule has 1 amide bonds. The number of carbonyl (C=O) groups excluding carboxylic acids is 1. The summed E-state index contributed by atoms with van der Waals surface area (Å²) in [7, 11) is 3.86. The number of nitrogens with one attached hydrogen (secondary N) is 2. The second kappa shape index (κ2) is 8.63. The van der Waals surface area contributed by atoms with Crippen molar-refractivity contribution < 1.29 is 13.9 Å². The Kier molecular flexibility index (Phi) is 6.27. The van der Waals surface area contributed by atoms with Crippen molar-refractivity contribution in [3.63, 3.8) is 0 Å². The van der Waals surface area contributed by atoms with E-state index in [-0.39, 0.29) is 6.01 Å². The van der Waals surface area contributed by atoms with Crippen molar-refractivity contribution in [2.75, 3.05) is 24.7 Å². The number of amides is 1. The summed E-state index contributed by atoms with van der Waals surface area (Å²) < 4.78 is 10.8. The molecule has 0 spiro atoms. The molecule has 8 heteroatoms. The average molecular weight is 439 g/mol. The quantitative estimate of drug-likeness (QED) is 0.558. The van der Waals surface area contributed by atoms with Gasteiger partial charge in [0, 0.05) is 5.69 Å². The van der Waals surface area contributed by atoms with Crippen molar-refractivity contribution in [2.24, 2.45) is 0 Å². The van der Waals surface area contributed by atoms with E-state index < -0.39 is 23.0 Å². The summed E-state index contributed by atoms with van der Waals surface area (Å²) in [4.78, 5) is 31.5. The second-order valence-corrected chi connectivity index (χ2v) is 9.02. The topological polar surface area (TPSA) is 96.7 Å². The Bertz CT molecular complexity index is 1180. The zero-order chi connectivity index (χ0) is 23.7. The van der Waals surface area contributed by atoms with Crippen molar-refractivity contribution in [1.29, 1.82) is 0 Å². The first-order valence-corrected chi connectivity index (χ1v) is 10.4. The standard InChI is InChI=1S/C24H30N4O4/c1-15-17(26-22(30)32-23(2,3)4)13-14-18-19(15)20(29)31-21(25-18)27-24(5,28(6)7)16-11-9-8-10-12-16/h8-14H,1-7H3,(H,25,27)(H,26,30). The lowest BCUT2D eigenvalue weighted by molar-refractivity contribution is 0.0636. The van der Waals surface area contributed by atoms with E-state index in [9.17, 15) is 9.59 Å². The smallest absolute Gasteiger partial charge is 0.412 e. The molecule has 0 bridgehead atoms. The highest BCUT2D eigenvalue weighted by Crippen LogP contribution is 2.29. The minimum absolute atomic E-state index is 0.106. The van der Waals surface area contributed by atoms with E-state index in [1.165, 1.54) is 0 Å². The summed E-state index contributed by atoms with van der Waals surface area (Å²) in [6.07, 6.45) is -0.597. The van der Waals surface area contributed by atoms with Crippen molar-refractivity contribution in [1.82, 2.24) is 9.88 Å². The summed E-state index contributed by atoms with van der Waals surface area (Å²) in [5, 5.41) is 6.24. The molecule has 0 radical (unpaired) electrons. The third-order valence-electron chi connectivity index (χ3n) is 5.27. The molecule has 3 aromatic rings. The zero-order valence-electron chi connectivity index (χ0n) is 19.6. The molecule has 8 nitrogen and oxygen atoms in total. The van der Waals surface area contributed by atoms with Crippen molar-refractivity contribution in [3.8, 4) is 0 Å². The minimum atomic E-state index is -0.662. The minimum Gasteiger partial charge on any atom is -0.444 e. The fourth-order valence-corrected chi connectivity index (χ4v) is 3.33. The Labute approximate surface area is 187 Å². The predicted molar refractivity (Wildman–Crippen MR) is 126 cm³/mol. The molecular weight excluding hydrogens is 408 g/mol. The fraction of sp³-hybridized carbons (Fsp3) is 0.375. The zero-order valence-corrected chi connectivity index (χ0v) is 19.6. The van der Waals surface area contributed by atoms with E-state index in [0.717, 1.165) is 5.56 Å². The van der Waals surface area contributed by atoms with Crippen molar-refractivity contribution in [3.05, 3.63) is 64.0 Å². The third kappa shape index (κ3) is 4.91. The van der Waals surface area contributed by atoms with E-state index in [1.54, 1.807) is 39.8 Å². The fourth-order valence-electron chi connectivity index (χ4n) is 3.33. The molecule has 0 saturated carbocycles. The van der Waals surface area contributed by atoms with Gasteiger partial charge in [-0.3, -0.25) is 10.2 Å². The molecule has 1 atom stereocenters. The van der Waals surface area contributed by atoms with Gasteiger partial charge in [-0.1, -0.05) is 30.3 Å². The van der Waals surface area contributed by atoms with Crippen molar-refractivity contribution in [2.45, 2.75) is 45.9 Å². The van der Waals surface area contributed by atoms with Crippen LogP contribution in [0.4, 0.5) is 16.5 Å². The van der Waals surface area contributed by atoms with Gasteiger partial charge in [-0.05, 0) is 72.0 Å². The van der Waals surface area contributed by atoms with Crippen LogP contribution >= 0.6 is 0 Å². The van der Waals surface area contributed by atoms with Crippen LogP contribution in [0.5, 0.6) is 0 Å². The number of rotatable bonds is 5. The molecule has 2 N–H and O–H groups in total. The van der Waals surface area contributed by atoms with E-state index in [4.69, 9.17) is 9.15 Å². The Hall–Kier alpha value is -3.39. The van der Waals surface area contributed by atoms with E-state index in [2.05, 4.69) is 15.6 Å². The maximum absolute atomic E-state index is 12.9. The lowest BCUT2D eigenvalue weighted by Crippen LogP contribution is -2.45. The van der Waals surface area contributed by atoms with Gasteiger partial charge in [0.15, 0.2) is 0 Å². The summed E-state index contributed by atoms with van der Waals surface area (Å²) >= 11 is 0. The van der Waals surface area contributed by atoms with Gasteiger partial charge in [0.1, 0.15) is 11.3 Å². The Morgan fingerprint density at radius 1 is 1.06 bits per heavy atom. The molecule has 32 heavy (non-hydrogen) atoms. The third-order valence-corrected chi connectivity index (χ3v) is 5.27. The summed E-state index contributed by atoms with van der Waals surface area (Å²) in [5.41, 5.74) is 0.632. The average Bonchev–Trinajstić information content (AvgIpc) is 2.69. The number of fused-ring (bicyclic) bond motifs is 1.